The topological polar surface area (TPSA) is 57.2 Å². The molecule has 6 nitrogen and oxygen atoms in total. The van der Waals surface area contributed by atoms with E-state index < -0.39 is 6.29 Å². The molecule has 2 aliphatic rings. The second-order valence-corrected chi connectivity index (χ2v) is 7.05. The highest BCUT2D eigenvalue weighted by Crippen LogP contribution is 2.36. The van der Waals surface area contributed by atoms with Gasteiger partial charge in [-0.3, -0.25) is 4.90 Å². The predicted molar refractivity (Wildman–Crippen MR) is 102 cm³/mol. The smallest absolute Gasteiger partial charge is 0.410 e. The fourth-order valence-electron chi connectivity index (χ4n) is 3.88. The summed E-state index contributed by atoms with van der Waals surface area (Å²) in [5.74, 6) is 0. The molecule has 4 rings (SSSR count). The predicted octanol–water partition coefficient (Wildman–Crippen LogP) is 3.35. The van der Waals surface area contributed by atoms with Gasteiger partial charge in [-0.2, -0.15) is 0 Å². The number of rotatable bonds is 6. The van der Waals surface area contributed by atoms with Crippen LogP contribution in [0.5, 0.6) is 0 Å². The van der Waals surface area contributed by atoms with Crippen LogP contribution in [0.1, 0.15) is 17.5 Å². The molecule has 2 aromatic carbocycles. The third kappa shape index (κ3) is 4.04. The van der Waals surface area contributed by atoms with Crippen LogP contribution in [0.3, 0.4) is 0 Å². The number of hydrogen-bond acceptors (Lipinski definition) is 5. The molecule has 2 aliphatic heterocycles. The van der Waals surface area contributed by atoms with Crippen molar-refractivity contribution in [3.05, 3.63) is 71.8 Å². The van der Waals surface area contributed by atoms with Crippen molar-refractivity contribution >= 4 is 6.09 Å². The molecule has 2 aromatic rings. The Morgan fingerprint density at radius 2 is 1.68 bits per heavy atom. The number of ether oxygens (including phenoxy) is 4. The molecule has 28 heavy (non-hydrogen) atoms. The first-order valence-electron chi connectivity index (χ1n) is 9.57. The lowest BCUT2D eigenvalue weighted by molar-refractivity contribution is -0.167. The van der Waals surface area contributed by atoms with E-state index in [1.807, 2.05) is 60.7 Å². The number of methoxy groups -OCH3 is 1. The van der Waals surface area contributed by atoms with E-state index in [0.29, 0.717) is 13.2 Å². The van der Waals surface area contributed by atoms with Gasteiger partial charge in [-0.15, -0.1) is 0 Å². The second kappa shape index (κ2) is 8.73. The van der Waals surface area contributed by atoms with Gasteiger partial charge >= 0.3 is 6.09 Å². The molecule has 0 aliphatic carbocycles. The van der Waals surface area contributed by atoms with Gasteiger partial charge in [0.1, 0.15) is 12.7 Å². The molecule has 4 atom stereocenters. The minimum atomic E-state index is -0.497. The summed E-state index contributed by atoms with van der Waals surface area (Å²) in [6.07, 6.45) is -0.554. The average Bonchev–Trinajstić information content (AvgIpc) is 3.31. The summed E-state index contributed by atoms with van der Waals surface area (Å²) >= 11 is 0. The number of fused-ring (bicyclic) bond motifs is 1. The Hall–Kier alpha value is -2.41. The number of carbonyl (C=O) groups excluding carboxylic acids is 1. The molecule has 2 fully saturated rings. The molecular formula is C22H25NO5. The number of nitrogens with zero attached hydrogens (tertiary/aromatic N) is 1. The first kappa shape index (κ1) is 18.9. The quantitative estimate of drug-likeness (QED) is 0.766. The van der Waals surface area contributed by atoms with Crippen molar-refractivity contribution in [2.24, 2.45) is 0 Å². The standard InChI is InChI=1S/C22H25NO5/c1-25-21-20(26-14-16-8-4-2-5-9-16)19-18(28-21)12-13-23(19)22(24)27-15-17-10-6-3-7-11-17/h2-11,18-21H,12-15H2,1H3/t18-,19-,20+,21-/m0/s1. The van der Waals surface area contributed by atoms with Crippen LogP contribution in [-0.2, 0) is 32.2 Å². The van der Waals surface area contributed by atoms with Crippen molar-refractivity contribution in [1.82, 2.24) is 4.90 Å². The summed E-state index contributed by atoms with van der Waals surface area (Å²) in [7, 11) is 1.60. The summed E-state index contributed by atoms with van der Waals surface area (Å²) in [4.78, 5) is 14.5. The molecule has 0 bridgehead atoms. The highest BCUT2D eigenvalue weighted by atomic mass is 16.7. The molecule has 6 heteroatoms. The van der Waals surface area contributed by atoms with E-state index in [9.17, 15) is 4.79 Å². The van der Waals surface area contributed by atoms with Crippen LogP contribution >= 0.6 is 0 Å². The fraction of sp³-hybridized carbons (Fsp3) is 0.409. The minimum Gasteiger partial charge on any atom is -0.445 e. The van der Waals surface area contributed by atoms with E-state index in [2.05, 4.69) is 0 Å². The highest BCUT2D eigenvalue weighted by molar-refractivity contribution is 5.69. The van der Waals surface area contributed by atoms with E-state index >= 15 is 0 Å². The number of likely N-dealkylation sites (tertiary alicyclic amines) is 1. The van der Waals surface area contributed by atoms with Crippen LogP contribution in [0.25, 0.3) is 0 Å². The van der Waals surface area contributed by atoms with Crippen molar-refractivity contribution in [2.45, 2.75) is 44.2 Å². The molecule has 0 N–H and O–H groups in total. The van der Waals surface area contributed by atoms with E-state index in [0.717, 1.165) is 17.5 Å². The summed E-state index contributed by atoms with van der Waals surface area (Å²) in [5.41, 5.74) is 2.03. The van der Waals surface area contributed by atoms with Crippen molar-refractivity contribution in [2.75, 3.05) is 13.7 Å². The van der Waals surface area contributed by atoms with Gasteiger partial charge in [0.2, 0.25) is 0 Å². The number of amides is 1. The van der Waals surface area contributed by atoms with E-state index in [-0.39, 0.29) is 30.9 Å². The zero-order valence-corrected chi connectivity index (χ0v) is 15.9. The Labute approximate surface area is 165 Å². The van der Waals surface area contributed by atoms with E-state index in [1.165, 1.54) is 0 Å². The number of carbonyl (C=O) groups is 1. The summed E-state index contributed by atoms with van der Waals surface area (Å²) < 4.78 is 23.1. The van der Waals surface area contributed by atoms with Gasteiger partial charge in [0.05, 0.1) is 18.8 Å². The second-order valence-electron chi connectivity index (χ2n) is 7.05. The molecule has 0 radical (unpaired) electrons. The normalized spacial score (nSPS) is 26.2. The molecule has 0 saturated carbocycles. The molecular weight excluding hydrogens is 358 g/mol. The van der Waals surface area contributed by atoms with E-state index in [1.54, 1.807) is 12.0 Å². The van der Waals surface area contributed by atoms with Gasteiger partial charge in [-0.25, -0.2) is 4.79 Å². The maximum Gasteiger partial charge on any atom is 0.410 e. The first-order valence-corrected chi connectivity index (χ1v) is 9.57. The number of hydrogen-bond donors (Lipinski definition) is 0. The van der Waals surface area contributed by atoms with Gasteiger partial charge in [0, 0.05) is 13.7 Å². The minimum absolute atomic E-state index is 0.102. The first-order chi connectivity index (χ1) is 13.8. The van der Waals surface area contributed by atoms with Crippen molar-refractivity contribution in [3.8, 4) is 0 Å². The summed E-state index contributed by atoms with van der Waals surface area (Å²) in [6, 6.07) is 19.4. The van der Waals surface area contributed by atoms with Gasteiger partial charge in [0.15, 0.2) is 6.29 Å². The highest BCUT2D eigenvalue weighted by Gasteiger charge is 2.53. The van der Waals surface area contributed by atoms with Gasteiger partial charge in [0.25, 0.3) is 0 Å². The van der Waals surface area contributed by atoms with Gasteiger partial charge in [-0.05, 0) is 17.5 Å². The van der Waals surface area contributed by atoms with E-state index in [4.69, 9.17) is 18.9 Å². The Bertz CT molecular complexity index is 769. The zero-order valence-electron chi connectivity index (χ0n) is 15.9. The molecule has 2 saturated heterocycles. The number of benzene rings is 2. The molecule has 1 amide bonds. The monoisotopic (exact) mass is 383 g/mol. The largest absolute Gasteiger partial charge is 0.445 e. The van der Waals surface area contributed by atoms with Crippen LogP contribution in [0.2, 0.25) is 0 Å². The third-order valence-electron chi connectivity index (χ3n) is 5.27. The summed E-state index contributed by atoms with van der Waals surface area (Å²) in [5, 5.41) is 0. The van der Waals surface area contributed by atoms with Crippen LogP contribution in [-0.4, -0.2) is 49.2 Å². The molecule has 2 heterocycles. The van der Waals surface area contributed by atoms with Gasteiger partial charge in [-0.1, -0.05) is 60.7 Å². The lowest BCUT2D eigenvalue weighted by Gasteiger charge is -2.29. The maximum atomic E-state index is 12.7. The molecule has 0 unspecified atom stereocenters. The van der Waals surface area contributed by atoms with Crippen LogP contribution in [0.4, 0.5) is 4.79 Å². The average molecular weight is 383 g/mol. The van der Waals surface area contributed by atoms with Crippen LogP contribution in [0, 0.1) is 0 Å². The SMILES string of the molecule is CO[C@H]1O[C@H]2CCN(C(=O)OCc3ccccc3)[C@@H]2[C@H]1OCc1ccccc1. The van der Waals surface area contributed by atoms with Crippen molar-refractivity contribution in [3.63, 3.8) is 0 Å². The summed E-state index contributed by atoms with van der Waals surface area (Å²) in [6.45, 7) is 1.27. The van der Waals surface area contributed by atoms with Crippen LogP contribution < -0.4 is 0 Å². The Morgan fingerprint density at radius 1 is 1.04 bits per heavy atom. The Balaban J connectivity index is 1.41. The van der Waals surface area contributed by atoms with Gasteiger partial charge < -0.3 is 18.9 Å². The molecule has 0 aromatic heterocycles. The fourth-order valence-corrected chi connectivity index (χ4v) is 3.88. The third-order valence-corrected chi connectivity index (χ3v) is 5.27. The zero-order chi connectivity index (χ0) is 19.3. The molecule has 148 valence electrons. The lowest BCUT2D eigenvalue weighted by atomic mass is 10.1. The maximum absolute atomic E-state index is 12.7. The van der Waals surface area contributed by atoms with Crippen molar-refractivity contribution in [1.29, 1.82) is 0 Å². The Kier molecular flexibility index (Phi) is 5.90. The Morgan fingerprint density at radius 3 is 2.32 bits per heavy atom. The van der Waals surface area contributed by atoms with Crippen LogP contribution in [0.15, 0.2) is 60.7 Å². The lowest BCUT2D eigenvalue weighted by Crippen LogP contribution is -2.47. The molecule has 0 spiro atoms. The van der Waals surface area contributed by atoms with Crippen molar-refractivity contribution < 1.29 is 23.7 Å².